The normalized spacial score (nSPS) is 13.9. The number of rotatable bonds is 9. The molecule has 0 spiro atoms. The lowest BCUT2D eigenvalue weighted by molar-refractivity contribution is -0.144. The highest BCUT2D eigenvalue weighted by Crippen LogP contribution is 2.42. The fourth-order valence-electron chi connectivity index (χ4n) is 3.47. The third-order valence-electron chi connectivity index (χ3n) is 5.16. The third kappa shape index (κ3) is 4.93. The Kier molecular flexibility index (Phi) is 7.86. The average molecular weight is 419 g/mol. The molecule has 1 N–H and O–H groups in total. The summed E-state index contributed by atoms with van der Waals surface area (Å²) in [5.41, 5.74) is 3.85. The van der Waals surface area contributed by atoms with Crippen LogP contribution in [0, 0.1) is 6.92 Å². The molecule has 1 unspecified atom stereocenters. The Morgan fingerprint density at radius 1 is 1.17 bits per heavy atom. The first-order valence-corrected chi connectivity index (χ1v) is 9.71. The van der Waals surface area contributed by atoms with E-state index in [1.807, 2.05) is 19.9 Å². The van der Waals surface area contributed by atoms with Gasteiger partial charge in [0.15, 0.2) is 0 Å². The van der Waals surface area contributed by atoms with Crippen LogP contribution in [-0.4, -0.2) is 45.2 Å². The van der Waals surface area contributed by atoms with Crippen LogP contribution in [0.1, 0.15) is 53.7 Å². The number of methoxy groups -OCH3 is 3. The van der Waals surface area contributed by atoms with Crippen LogP contribution in [0.25, 0.3) is 0 Å². The predicted octanol–water partition coefficient (Wildman–Crippen LogP) is 2.63. The molecule has 1 aliphatic heterocycles. The number of carbonyl (C=O) groups is 3. The fraction of sp³-hybridized carbons (Fsp3) is 0.500. The topological polar surface area (TPSA) is 100 Å². The van der Waals surface area contributed by atoms with E-state index in [0.717, 1.165) is 22.3 Å². The SMILES string of the molecule is COC(=O)C(C)NC(=O)CC/C(C)=C/Cc1c(OC)c(C)c2c(c1OC)C(=O)OC2. The van der Waals surface area contributed by atoms with Gasteiger partial charge < -0.3 is 24.3 Å². The molecule has 1 heterocycles. The van der Waals surface area contributed by atoms with E-state index in [9.17, 15) is 14.4 Å². The monoisotopic (exact) mass is 419 g/mol. The second-order valence-electron chi connectivity index (χ2n) is 7.17. The van der Waals surface area contributed by atoms with Crippen LogP contribution in [0.2, 0.25) is 0 Å². The molecule has 0 saturated carbocycles. The zero-order valence-corrected chi connectivity index (χ0v) is 18.3. The second kappa shape index (κ2) is 10.1. The molecule has 1 atom stereocenters. The van der Waals surface area contributed by atoms with Gasteiger partial charge in [0.25, 0.3) is 0 Å². The first-order valence-electron chi connectivity index (χ1n) is 9.71. The van der Waals surface area contributed by atoms with Crippen LogP contribution in [0.15, 0.2) is 11.6 Å². The molecule has 1 amide bonds. The molecule has 0 aliphatic carbocycles. The molecular formula is C22H29NO7. The first-order chi connectivity index (χ1) is 14.2. The minimum Gasteiger partial charge on any atom is -0.496 e. The van der Waals surface area contributed by atoms with E-state index < -0.39 is 18.0 Å². The second-order valence-corrected chi connectivity index (χ2v) is 7.17. The lowest BCUT2D eigenvalue weighted by Gasteiger charge is -2.18. The van der Waals surface area contributed by atoms with Crippen molar-refractivity contribution in [3.63, 3.8) is 0 Å². The maximum atomic E-state index is 12.2. The van der Waals surface area contributed by atoms with Crippen molar-refractivity contribution in [2.75, 3.05) is 21.3 Å². The lowest BCUT2D eigenvalue weighted by atomic mass is 9.94. The number of fused-ring (bicyclic) bond motifs is 1. The van der Waals surface area contributed by atoms with E-state index in [4.69, 9.17) is 14.2 Å². The molecule has 1 aromatic rings. The van der Waals surface area contributed by atoms with E-state index in [-0.39, 0.29) is 18.9 Å². The summed E-state index contributed by atoms with van der Waals surface area (Å²) in [5.74, 6) is 0.0134. The van der Waals surface area contributed by atoms with Crippen molar-refractivity contribution >= 4 is 17.8 Å². The Hall–Kier alpha value is -3.03. The summed E-state index contributed by atoms with van der Waals surface area (Å²) in [6.45, 7) is 5.60. The van der Waals surface area contributed by atoms with Crippen LogP contribution in [0.4, 0.5) is 0 Å². The summed E-state index contributed by atoms with van der Waals surface area (Å²) in [6.07, 6.45) is 3.22. The quantitative estimate of drug-likeness (QED) is 0.485. The minimum absolute atomic E-state index is 0.209. The summed E-state index contributed by atoms with van der Waals surface area (Å²) in [7, 11) is 4.38. The zero-order chi connectivity index (χ0) is 22.4. The van der Waals surface area contributed by atoms with Crippen molar-refractivity contribution in [1.82, 2.24) is 5.32 Å². The number of nitrogens with one attached hydrogen (secondary N) is 1. The molecule has 164 valence electrons. The fourth-order valence-corrected chi connectivity index (χ4v) is 3.47. The van der Waals surface area contributed by atoms with Crippen LogP contribution < -0.4 is 14.8 Å². The Labute approximate surface area is 176 Å². The van der Waals surface area contributed by atoms with Gasteiger partial charge in [-0.15, -0.1) is 0 Å². The minimum atomic E-state index is -0.686. The lowest BCUT2D eigenvalue weighted by Crippen LogP contribution is -2.39. The number of ether oxygens (including phenoxy) is 4. The van der Waals surface area contributed by atoms with Crippen molar-refractivity contribution in [3.8, 4) is 11.5 Å². The number of allylic oxidation sites excluding steroid dienone is 2. The molecular weight excluding hydrogens is 390 g/mol. The van der Waals surface area contributed by atoms with Gasteiger partial charge in [0.05, 0.1) is 21.3 Å². The molecule has 0 radical (unpaired) electrons. The van der Waals surface area contributed by atoms with Gasteiger partial charge in [0, 0.05) is 17.5 Å². The van der Waals surface area contributed by atoms with E-state index in [1.165, 1.54) is 14.2 Å². The largest absolute Gasteiger partial charge is 0.496 e. The standard InChI is InChI=1S/C22H29NO7/c1-12(8-10-17(24)23-14(3)21(25)29-6)7-9-15-19(27-4)13(2)16-11-30-22(26)18(16)20(15)28-5/h7,14H,8-11H2,1-6H3,(H,23,24)/b12-7+. The number of carbonyl (C=O) groups excluding carboxylic acids is 3. The molecule has 8 heteroatoms. The molecule has 0 bridgehead atoms. The summed E-state index contributed by atoms with van der Waals surface area (Å²) in [4.78, 5) is 35.6. The number of benzene rings is 1. The Bertz CT molecular complexity index is 873. The predicted molar refractivity (Wildman–Crippen MR) is 110 cm³/mol. The molecule has 1 aliphatic rings. The van der Waals surface area contributed by atoms with Gasteiger partial charge in [-0.1, -0.05) is 11.6 Å². The van der Waals surface area contributed by atoms with E-state index in [2.05, 4.69) is 10.1 Å². The molecule has 30 heavy (non-hydrogen) atoms. The van der Waals surface area contributed by atoms with Gasteiger partial charge in [-0.2, -0.15) is 0 Å². The van der Waals surface area contributed by atoms with Crippen LogP contribution >= 0.6 is 0 Å². The van der Waals surface area contributed by atoms with Gasteiger partial charge >= 0.3 is 11.9 Å². The van der Waals surface area contributed by atoms with Gasteiger partial charge in [0.2, 0.25) is 5.91 Å². The molecule has 0 fully saturated rings. The van der Waals surface area contributed by atoms with Gasteiger partial charge in [-0.05, 0) is 39.2 Å². The zero-order valence-electron chi connectivity index (χ0n) is 18.3. The molecule has 1 aromatic carbocycles. The Morgan fingerprint density at radius 3 is 2.43 bits per heavy atom. The summed E-state index contributed by atoms with van der Waals surface area (Å²) >= 11 is 0. The van der Waals surface area contributed by atoms with Crippen LogP contribution in [0.5, 0.6) is 11.5 Å². The van der Waals surface area contributed by atoms with Crippen molar-refractivity contribution < 1.29 is 33.3 Å². The number of amides is 1. The number of hydrogen-bond acceptors (Lipinski definition) is 7. The van der Waals surface area contributed by atoms with Crippen molar-refractivity contribution in [3.05, 3.63) is 33.9 Å². The average Bonchev–Trinajstić information content (AvgIpc) is 3.12. The molecule has 0 saturated heterocycles. The summed E-state index contributed by atoms with van der Waals surface area (Å²) < 4.78 is 20.9. The first kappa shape index (κ1) is 23.3. The molecule has 2 rings (SSSR count). The van der Waals surface area contributed by atoms with Crippen LogP contribution in [-0.2, 0) is 32.1 Å². The van der Waals surface area contributed by atoms with Crippen molar-refractivity contribution in [2.24, 2.45) is 0 Å². The Morgan fingerprint density at radius 2 is 1.83 bits per heavy atom. The summed E-state index contributed by atoms with van der Waals surface area (Å²) in [5, 5.41) is 2.60. The highest BCUT2D eigenvalue weighted by molar-refractivity contribution is 5.98. The number of esters is 2. The van der Waals surface area contributed by atoms with E-state index in [0.29, 0.717) is 29.9 Å². The summed E-state index contributed by atoms with van der Waals surface area (Å²) in [6, 6.07) is -0.686. The molecule has 8 nitrogen and oxygen atoms in total. The number of cyclic esters (lactones) is 1. The van der Waals surface area contributed by atoms with E-state index in [1.54, 1.807) is 14.0 Å². The van der Waals surface area contributed by atoms with Gasteiger partial charge in [0.1, 0.15) is 29.7 Å². The van der Waals surface area contributed by atoms with Crippen molar-refractivity contribution in [1.29, 1.82) is 0 Å². The van der Waals surface area contributed by atoms with Gasteiger partial charge in [-0.25, -0.2) is 9.59 Å². The smallest absolute Gasteiger partial charge is 0.342 e. The number of hydrogen-bond donors (Lipinski definition) is 1. The van der Waals surface area contributed by atoms with Crippen LogP contribution in [0.3, 0.4) is 0 Å². The Balaban J connectivity index is 2.14. The highest BCUT2D eigenvalue weighted by atomic mass is 16.5. The third-order valence-corrected chi connectivity index (χ3v) is 5.16. The maximum Gasteiger partial charge on any atom is 0.342 e. The van der Waals surface area contributed by atoms with E-state index >= 15 is 0 Å². The molecule has 0 aromatic heterocycles. The van der Waals surface area contributed by atoms with Crippen molar-refractivity contribution in [2.45, 2.75) is 52.7 Å². The van der Waals surface area contributed by atoms with Gasteiger partial charge in [-0.3, -0.25) is 4.79 Å². The maximum absolute atomic E-state index is 12.2. The highest BCUT2D eigenvalue weighted by Gasteiger charge is 2.32.